The molecule has 1 atom stereocenters. The van der Waals surface area contributed by atoms with Gasteiger partial charge in [0.2, 0.25) is 0 Å². The van der Waals surface area contributed by atoms with Crippen LogP contribution in [0.3, 0.4) is 0 Å². The number of likely N-dealkylation sites (N-methyl/N-ethyl adjacent to an activating group) is 1. The molecule has 30 heavy (non-hydrogen) atoms. The minimum atomic E-state index is -4.18. The van der Waals surface area contributed by atoms with Gasteiger partial charge in [0.05, 0.1) is 30.7 Å². The van der Waals surface area contributed by atoms with Crippen molar-refractivity contribution in [3.05, 3.63) is 47.7 Å². The number of carbonyl (C=O) groups is 2. The average Bonchev–Trinajstić information content (AvgIpc) is 2.75. The second-order valence-electron chi connectivity index (χ2n) is 7.10. The molecule has 1 aliphatic rings. The van der Waals surface area contributed by atoms with Crippen LogP contribution >= 0.6 is 0 Å². The third kappa shape index (κ3) is 4.79. The maximum Gasteiger partial charge on any atom is 0.392 e. The first kappa shape index (κ1) is 21.8. The zero-order valence-electron chi connectivity index (χ0n) is 16.6. The van der Waals surface area contributed by atoms with Gasteiger partial charge in [-0.3, -0.25) is 19.4 Å². The molecule has 0 fully saturated rings. The maximum absolute atomic E-state index is 12.9. The lowest BCUT2D eigenvalue weighted by Gasteiger charge is -2.24. The highest BCUT2D eigenvalue weighted by atomic mass is 19.4. The second-order valence-corrected chi connectivity index (χ2v) is 7.10. The number of nitrogens with zero attached hydrogens (tertiary/aromatic N) is 2. The van der Waals surface area contributed by atoms with Crippen LogP contribution in [0.5, 0.6) is 0 Å². The number of nitrogens with one attached hydrogen (secondary N) is 1. The topological polar surface area (TPSA) is 71.5 Å². The Balaban J connectivity index is 1.78. The Hall–Kier alpha value is -2.94. The maximum atomic E-state index is 12.9. The van der Waals surface area contributed by atoms with Gasteiger partial charge in [-0.15, -0.1) is 0 Å². The van der Waals surface area contributed by atoms with Gasteiger partial charge in [-0.1, -0.05) is 24.3 Å². The number of hydrogen-bond acceptors (Lipinski definition) is 4. The molecule has 2 amide bonds. The molecule has 0 bridgehead atoms. The number of amides is 2. The largest absolute Gasteiger partial charge is 0.392 e. The molecule has 160 valence electrons. The summed E-state index contributed by atoms with van der Waals surface area (Å²) < 4.78 is 38.7. The smallest absolute Gasteiger partial charge is 0.343 e. The fourth-order valence-electron chi connectivity index (χ4n) is 3.39. The van der Waals surface area contributed by atoms with Gasteiger partial charge in [-0.25, -0.2) is 5.06 Å². The number of para-hydroxylation sites is 1. The number of halogens is 3. The van der Waals surface area contributed by atoms with Gasteiger partial charge >= 0.3 is 6.18 Å². The highest BCUT2D eigenvalue weighted by molar-refractivity contribution is 6.00. The van der Waals surface area contributed by atoms with Gasteiger partial charge in [0.25, 0.3) is 11.8 Å². The Labute approximate surface area is 171 Å². The summed E-state index contributed by atoms with van der Waals surface area (Å²) in [5, 5.41) is 4.21. The van der Waals surface area contributed by atoms with E-state index in [1.54, 1.807) is 24.3 Å². The van der Waals surface area contributed by atoms with Crippen molar-refractivity contribution in [3.63, 3.8) is 0 Å². The molecule has 0 radical (unpaired) electrons. The van der Waals surface area contributed by atoms with Crippen LogP contribution in [-0.4, -0.2) is 48.7 Å². The van der Waals surface area contributed by atoms with Gasteiger partial charge < -0.3 is 5.32 Å². The van der Waals surface area contributed by atoms with Gasteiger partial charge in [0, 0.05) is 24.2 Å². The van der Waals surface area contributed by atoms with Gasteiger partial charge in [0.1, 0.15) is 0 Å². The molecule has 1 aromatic carbocycles. The number of hydroxylamine groups is 2. The number of alkyl halides is 3. The van der Waals surface area contributed by atoms with Crippen LogP contribution in [0.25, 0.3) is 16.5 Å². The summed E-state index contributed by atoms with van der Waals surface area (Å²) in [5.74, 6) is -2.18. The number of pyridine rings is 1. The molecule has 1 N–H and O–H groups in total. The first-order valence-corrected chi connectivity index (χ1v) is 9.44. The Morgan fingerprint density at radius 3 is 2.73 bits per heavy atom. The summed E-state index contributed by atoms with van der Waals surface area (Å²) in [4.78, 5) is 33.2. The molecule has 0 spiro atoms. The minimum Gasteiger partial charge on any atom is -0.343 e. The van der Waals surface area contributed by atoms with Gasteiger partial charge in [-0.05, 0) is 30.9 Å². The van der Waals surface area contributed by atoms with Crippen LogP contribution < -0.4 is 5.32 Å². The lowest BCUT2D eigenvalue weighted by molar-refractivity contribution is -0.175. The number of allylic oxidation sites excluding steroid dienone is 2. The van der Waals surface area contributed by atoms with Crippen LogP contribution in [0.15, 0.2) is 36.5 Å². The Bertz CT molecular complexity index is 988. The van der Waals surface area contributed by atoms with Crippen LogP contribution in [-0.2, 0) is 9.63 Å². The van der Waals surface area contributed by atoms with E-state index in [2.05, 4.69) is 10.3 Å². The Kier molecular flexibility index (Phi) is 6.40. The van der Waals surface area contributed by atoms with Crippen molar-refractivity contribution in [2.75, 3.05) is 20.7 Å². The third-order valence-corrected chi connectivity index (χ3v) is 5.22. The van der Waals surface area contributed by atoms with E-state index in [4.69, 9.17) is 4.84 Å². The highest BCUT2D eigenvalue weighted by Crippen LogP contribution is 2.40. The first-order valence-electron chi connectivity index (χ1n) is 9.44. The number of carbonyl (C=O) groups excluding carboxylic acids is 2. The predicted octanol–water partition coefficient (Wildman–Crippen LogP) is 3.73. The molecule has 2 aromatic rings. The molecule has 9 heteroatoms. The molecule has 0 saturated carbocycles. The van der Waals surface area contributed by atoms with E-state index < -0.39 is 23.9 Å². The molecule has 6 nitrogen and oxygen atoms in total. The van der Waals surface area contributed by atoms with Crippen molar-refractivity contribution >= 4 is 28.3 Å². The minimum absolute atomic E-state index is 0.0420. The zero-order valence-corrected chi connectivity index (χ0v) is 16.6. The van der Waals surface area contributed by atoms with Crippen molar-refractivity contribution < 1.29 is 27.6 Å². The Morgan fingerprint density at radius 1 is 1.33 bits per heavy atom. The Morgan fingerprint density at radius 2 is 2.10 bits per heavy atom. The number of aromatic nitrogens is 1. The van der Waals surface area contributed by atoms with E-state index in [9.17, 15) is 22.8 Å². The number of fused-ring (bicyclic) bond motifs is 1. The van der Waals surface area contributed by atoms with E-state index in [0.29, 0.717) is 17.3 Å². The summed E-state index contributed by atoms with van der Waals surface area (Å²) in [6, 6.07) is 7.05. The lowest BCUT2D eigenvalue weighted by Crippen LogP contribution is -2.37. The molecule has 1 unspecified atom stereocenters. The molecule has 3 rings (SSSR count). The monoisotopic (exact) mass is 421 g/mol. The van der Waals surface area contributed by atoms with E-state index in [1.807, 2.05) is 6.07 Å². The molecule has 0 saturated heterocycles. The van der Waals surface area contributed by atoms with E-state index in [1.165, 1.54) is 20.4 Å². The van der Waals surface area contributed by atoms with Crippen molar-refractivity contribution in [1.29, 1.82) is 0 Å². The number of benzene rings is 1. The van der Waals surface area contributed by atoms with Gasteiger partial charge in [0.15, 0.2) is 0 Å². The van der Waals surface area contributed by atoms with Gasteiger partial charge in [-0.2, -0.15) is 13.2 Å². The molecule has 1 heterocycles. The zero-order chi connectivity index (χ0) is 21.9. The predicted molar refractivity (Wildman–Crippen MR) is 105 cm³/mol. The van der Waals surface area contributed by atoms with Crippen LogP contribution in [0.4, 0.5) is 13.2 Å². The lowest BCUT2D eigenvalue weighted by atomic mass is 9.85. The fourth-order valence-corrected chi connectivity index (χ4v) is 3.39. The van der Waals surface area contributed by atoms with Crippen molar-refractivity contribution in [2.24, 2.45) is 5.92 Å². The summed E-state index contributed by atoms with van der Waals surface area (Å²) in [6.45, 7) is -0.228. The van der Waals surface area contributed by atoms with E-state index >= 15 is 0 Å². The molecular formula is C21H22F3N3O3. The fraction of sp³-hybridized carbons (Fsp3) is 0.381. The number of hydrogen-bond donors (Lipinski definition) is 1. The van der Waals surface area contributed by atoms with Crippen molar-refractivity contribution in [2.45, 2.75) is 25.4 Å². The summed E-state index contributed by atoms with van der Waals surface area (Å²) in [6.07, 6.45) is -0.816. The normalized spacial score (nSPS) is 16.8. The summed E-state index contributed by atoms with van der Waals surface area (Å²) in [5.41, 5.74) is 2.51. The average molecular weight is 421 g/mol. The van der Waals surface area contributed by atoms with Crippen molar-refractivity contribution in [3.8, 4) is 0 Å². The molecular weight excluding hydrogens is 399 g/mol. The van der Waals surface area contributed by atoms with Crippen LogP contribution in [0, 0.1) is 5.92 Å². The SMILES string of the molecule is CON(C)C(=O)CNC(=O)c1cnc2c(C3=CCC(C(F)(F)F)CC3)cccc2c1. The summed E-state index contributed by atoms with van der Waals surface area (Å²) >= 11 is 0. The summed E-state index contributed by atoms with van der Waals surface area (Å²) in [7, 11) is 2.78. The second kappa shape index (κ2) is 8.83. The molecule has 0 aliphatic heterocycles. The van der Waals surface area contributed by atoms with Crippen LogP contribution in [0.2, 0.25) is 0 Å². The first-order chi connectivity index (χ1) is 14.2. The van der Waals surface area contributed by atoms with E-state index in [0.717, 1.165) is 16.2 Å². The molecule has 1 aromatic heterocycles. The quantitative estimate of drug-likeness (QED) is 0.747. The van der Waals surface area contributed by atoms with Crippen LogP contribution in [0.1, 0.15) is 35.2 Å². The third-order valence-electron chi connectivity index (χ3n) is 5.22. The highest BCUT2D eigenvalue weighted by Gasteiger charge is 2.39. The molecule has 1 aliphatic carbocycles. The van der Waals surface area contributed by atoms with Crippen molar-refractivity contribution in [1.82, 2.24) is 15.4 Å². The number of rotatable bonds is 5. The van der Waals surface area contributed by atoms with E-state index in [-0.39, 0.29) is 24.9 Å². The standard InChI is InChI=1S/C21H22F3N3O3/c1-27(30-2)18(28)12-26-20(29)15-10-14-4-3-5-17(19(14)25-11-15)13-6-8-16(9-7-13)21(22,23)24/h3-6,10-11,16H,7-9,12H2,1-2H3,(H,26,29).